The highest BCUT2D eigenvalue weighted by Crippen LogP contribution is 2.34. The molecular weight excluding hydrogens is 350 g/mol. The molecule has 0 spiro atoms. The lowest BCUT2D eigenvalue weighted by Crippen LogP contribution is -2.34. The van der Waals surface area contributed by atoms with Crippen molar-refractivity contribution in [3.05, 3.63) is 70.7 Å². The van der Waals surface area contributed by atoms with Crippen LogP contribution in [0, 0.1) is 0 Å². The van der Waals surface area contributed by atoms with E-state index in [-0.39, 0.29) is 12.2 Å². The van der Waals surface area contributed by atoms with E-state index in [1.807, 2.05) is 0 Å². The lowest BCUT2D eigenvalue weighted by atomic mass is 9.86. The van der Waals surface area contributed by atoms with Crippen molar-refractivity contribution in [2.75, 3.05) is 6.61 Å². The zero-order valence-corrected chi connectivity index (χ0v) is 14.3. The molecule has 1 atom stereocenters. The summed E-state index contributed by atoms with van der Waals surface area (Å²) in [5.74, 6) is -7.13. The summed E-state index contributed by atoms with van der Waals surface area (Å²) in [4.78, 5) is 24.4. The van der Waals surface area contributed by atoms with E-state index in [0.717, 1.165) is 0 Å². The van der Waals surface area contributed by atoms with Crippen LogP contribution in [0.5, 0.6) is 0 Å². The molecule has 132 valence electrons. The summed E-state index contributed by atoms with van der Waals surface area (Å²) >= 11 is 5.89. The Balaban J connectivity index is 2.37. The van der Waals surface area contributed by atoms with Gasteiger partial charge in [0.05, 0.1) is 12.5 Å². The van der Waals surface area contributed by atoms with Crippen LogP contribution in [0.4, 0.5) is 8.78 Å². The van der Waals surface area contributed by atoms with Crippen LogP contribution in [-0.2, 0) is 9.53 Å². The van der Waals surface area contributed by atoms with Gasteiger partial charge in [0.25, 0.3) is 0 Å². The predicted molar refractivity (Wildman–Crippen MR) is 91.2 cm³/mol. The van der Waals surface area contributed by atoms with Crippen molar-refractivity contribution in [3.63, 3.8) is 0 Å². The highest BCUT2D eigenvalue weighted by atomic mass is 35.5. The summed E-state index contributed by atoms with van der Waals surface area (Å²) in [6.45, 7) is 1.28. The molecule has 0 fully saturated rings. The van der Waals surface area contributed by atoms with Gasteiger partial charge in [-0.25, -0.2) is 4.79 Å². The highest BCUT2D eigenvalue weighted by Gasteiger charge is 2.44. The van der Waals surface area contributed by atoms with Crippen molar-refractivity contribution < 1.29 is 23.1 Å². The molecule has 0 aromatic heterocycles. The maximum Gasteiger partial charge on any atom is 0.377 e. The molecule has 3 nitrogen and oxygen atoms in total. The summed E-state index contributed by atoms with van der Waals surface area (Å²) in [5.41, 5.74) is 0.609. The molecule has 0 radical (unpaired) electrons. The Bertz CT molecular complexity index is 747. The van der Waals surface area contributed by atoms with Crippen LogP contribution < -0.4 is 0 Å². The van der Waals surface area contributed by atoms with E-state index < -0.39 is 30.0 Å². The molecule has 0 aliphatic heterocycles. The third kappa shape index (κ3) is 4.86. The molecule has 2 aromatic carbocycles. The number of hydrogen-bond acceptors (Lipinski definition) is 3. The Hall–Kier alpha value is -2.27. The smallest absolute Gasteiger partial charge is 0.377 e. The van der Waals surface area contributed by atoms with Crippen LogP contribution in [0.25, 0.3) is 0 Å². The number of carbonyl (C=O) groups excluding carboxylic acids is 2. The molecule has 0 saturated carbocycles. The van der Waals surface area contributed by atoms with Crippen LogP contribution in [-0.4, -0.2) is 24.3 Å². The van der Waals surface area contributed by atoms with Gasteiger partial charge in [0.15, 0.2) is 5.78 Å². The third-order valence-corrected chi connectivity index (χ3v) is 3.90. The Morgan fingerprint density at radius 2 is 1.80 bits per heavy atom. The van der Waals surface area contributed by atoms with E-state index in [9.17, 15) is 18.4 Å². The van der Waals surface area contributed by atoms with E-state index in [0.29, 0.717) is 10.6 Å². The largest absolute Gasteiger partial charge is 0.462 e. The van der Waals surface area contributed by atoms with Crippen molar-refractivity contribution in [1.82, 2.24) is 0 Å². The summed E-state index contributed by atoms with van der Waals surface area (Å²) in [6, 6.07) is 14.3. The molecule has 0 N–H and O–H groups in total. The van der Waals surface area contributed by atoms with Crippen molar-refractivity contribution in [2.24, 2.45) is 0 Å². The summed E-state index contributed by atoms with van der Waals surface area (Å²) in [5, 5.41) is 0.329. The molecule has 2 rings (SSSR count). The van der Waals surface area contributed by atoms with Crippen LogP contribution in [0.15, 0.2) is 54.6 Å². The molecule has 0 saturated heterocycles. The summed E-state index contributed by atoms with van der Waals surface area (Å²) < 4.78 is 32.9. The number of halogens is 3. The molecule has 1 unspecified atom stereocenters. The number of ketones is 1. The van der Waals surface area contributed by atoms with E-state index in [2.05, 4.69) is 4.74 Å². The Morgan fingerprint density at radius 1 is 1.12 bits per heavy atom. The first-order valence-electron chi connectivity index (χ1n) is 7.75. The average Bonchev–Trinajstić information content (AvgIpc) is 2.60. The SMILES string of the molecule is CCOC(=O)C(F)(F)CC(C(=O)c1cccc(Cl)c1)c1ccccc1. The van der Waals surface area contributed by atoms with Gasteiger partial charge in [0, 0.05) is 17.0 Å². The summed E-state index contributed by atoms with van der Waals surface area (Å²) in [7, 11) is 0. The van der Waals surface area contributed by atoms with Gasteiger partial charge in [-0.2, -0.15) is 8.78 Å². The molecule has 6 heteroatoms. The van der Waals surface area contributed by atoms with Crippen molar-refractivity contribution in [1.29, 1.82) is 0 Å². The van der Waals surface area contributed by atoms with Crippen LogP contribution in [0.1, 0.15) is 35.2 Å². The lowest BCUT2D eigenvalue weighted by molar-refractivity contribution is -0.172. The predicted octanol–water partition coefficient (Wildman–Crippen LogP) is 4.90. The summed E-state index contributed by atoms with van der Waals surface area (Å²) in [6.07, 6.45) is -0.971. The lowest BCUT2D eigenvalue weighted by Gasteiger charge is -2.22. The number of hydrogen-bond donors (Lipinski definition) is 0. The monoisotopic (exact) mass is 366 g/mol. The Labute approximate surface area is 149 Å². The van der Waals surface area contributed by atoms with Gasteiger partial charge in [-0.1, -0.05) is 54.1 Å². The maximum absolute atomic E-state index is 14.2. The minimum absolute atomic E-state index is 0.160. The normalized spacial score (nSPS) is 12.5. The zero-order chi connectivity index (χ0) is 18.4. The van der Waals surface area contributed by atoms with Gasteiger partial charge in [-0.15, -0.1) is 0 Å². The second-order valence-corrected chi connectivity index (χ2v) is 5.90. The number of Topliss-reactive ketones (excluding diaryl/α,β-unsaturated/α-hetero) is 1. The van der Waals surface area contributed by atoms with E-state index in [4.69, 9.17) is 11.6 Å². The second kappa shape index (κ2) is 8.21. The van der Waals surface area contributed by atoms with Crippen molar-refractivity contribution >= 4 is 23.4 Å². The average molecular weight is 367 g/mol. The van der Waals surface area contributed by atoms with E-state index in [1.54, 1.807) is 42.5 Å². The zero-order valence-electron chi connectivity index (χ0n) is 13.5. The molecule has 25 heavy (non-hydrogen) atoms. The van der Waals surface area contributed by atoms with Crippen LogP contribution >= 0.6 is 11.6 Å². The first kappa shape index (κ1) is 19.1. The van der Waals surface area contributed by atoms with Gasteiger partial charge in [0.2, 0.25) is 0 Å². The number of alkyl halides is 2. The fourth-order valence-corrected chi connectivity index (χ4v) is 2.66. The Morgan fingerprint density at radius 3 is 2.40 bits per heavy atom. The van der Waals surface area contributed by atoms with Gasteiger partial charge in [-0.05, 0) is 24.6 Å². The topological polar surface area (TPSA) is 43.4 Å². The molecule has 0 aliphatic carbocycles. The molecule has 0 heterocycles. The molecule has 0 amide bonds. The van der Waals surface area contributed by atoms with Crippen molar-refractivity contribution in [3.8, 4) is 0 Å². The molecule has 0 bridgehead atoms. The van der Waals surface area contributed by atoms with Gasteiger partial charge >= 0.3 is 11.9 Å². The van der Waals surface area contributed by atoms with Gasteiger partial charge in [0.1, 0.15) is 0 Å². The minimum Gasteiger partial charge on any atom is -0.462 e. The second-order valence-electron chi connectivity index (χ2n) is 5.47. The van der Waals surface area contributed by atoms with Gasteiger partial charge < -0.3 is 4.74 Å². The number of esters is 1. The third-order valence-electron chi connectivity index (χ3n) is 3.66. The van der Waals surface area contributed by atoms with Crippen molar-refractivity contribution in [2.45, 2.75) is 25.2 Å². The van der Waals surface area contributed by atoms with E-state index in [1.165, 1.54) is 19.1 Å². The van der Waals surface area contributed by atoms with Crippen LogP contribution in [0.3, 0.4) is 0 Å². The number of benzene rings is 2. The fourth-order valence-electron chi connectivity index (χ4n) is 2.47. The molecule has 0 aliphatic rings. The highest BCUT2D eigenvalue weighted by molar-refractivity contribution is 6.31. The molecule has 2 aromatic rings. The van der Waals surface area contributed by atoms with Crippen LogP contribution in [0.2, 0.25) is 5.02 Å². The quantitative estimate of drug-likeness (QED) is 0.517. The van der Waals surface area contributed by atoms with E-state index >= 15 is 0 Å². The van der Waals surface area contributed by atoms with Gasteiger partial charge in [-0.3, -0.25) is 4.79 Å². The first-order chi connectivity index (χ1) is 11.8. The number of rotatable bonds is 7. The minimum atomic E-state index is -3.77. The fraction of sp³-hybridized carbons (Fsp3) is 0.263. The number of ether oxygens (including phenoxy) is 1. The number of carbonyl (C=O) groups is 2. The standard InChI is InChI=1S/C19H17ClF2O3/c1-2-25-18(24)19(21,22)12-16(13-7-4-3-5-8-13)17(23)14-9-6-10-15(20)11-14/h3-11,16H,2,12H2,1H3. The maximum atomic E-state index is 14.2. The Kier molecular flexibility index (Phi) is 6.26. The first-order valence-corrected chi connectivity index (χ1v) is 8.12. The molecular formula is C19H17ClF2O3.